The first-order chi connectivity index (χ1) is 17.2. The summed E-state index contributed by atoms with van der Waals surface area (Å²) in [5.41, 5.74) is 3.06. The summed E-state index contributed by atoms with van der Waals surface area (Å²) < 4.78 is 18.1. The Morgan fingerprint density at radius 1 is 0.886 bits per heavy atom. The van der Waals surface area contributed by atoms with Crippen LogP contribution in [-0.2, 0) is 24.6 Å². The zero-order valence-corrected chi connectivity index (χ0v) is 20.0. The molecule has 3 aromatic carbocycles. The first kappa shape index (κ1) is 24.9. The SMILES string of the molecule is CCOC(=O)/C=C1/C[C@@H](COC(c2ccccc2)(c2ccccc2)c2ccccc2)O[C@@H](CO)C1. The number of benzene rings is 3. The number of esters is 1. The van der Waals surface area contributed by atoms with Gasteiger partial charge in [0.2, 0.25) is 0 Å². The molecule has 2 atom stereocenters. The Morgan fingerprint density at radius 2 is 1.37 bits per heavy atom. The summed E-state index contributed by atoms with van der Waals surface area (Å²) in [7, 11) is 0. The van der Waals surface area contributed by atoms with Gasteiger partial charge in [-0.25, -0.2) is 4.79 Å². The third-order valence-electron chi connectivity index (χ3n) is 6.20. The van der Waals surface area contributed by atoms with Crippen LogP contribution in [0, 0.1) is 0 Å². The fraction of sp³-hybridized carbons (Fsp3) is 0.300. The molecule has 0 aromatic heterocycles. The second-order valence-electron chi connectivity index (χ2n) is 8.62. The lowest BCUT2D eigenvalue weighted by Crippen LogP contribution is -2.39. The number of aliphatic hydroxyl groups excluding tert-OH is 1. The van der Waals surface area contributed by atoms with Crippen molar-refractivity contribution in [1.29, 1.82) is 0 Å². The molecule has 0 bridgehead atoms. The second-order valence-corrected chi connectivity index (χ2v) is 8.62. The van der Waals surface area contributed by atoms with Crippen LogP contribution in [-0.4, -0.2) is 43.1 Å². The molecular weight excluding hydrogens is 440 g/mol. The quantitative estimate of drug-likeness (QED) is 0.269. The lowest BCUT2D eigenvalue weighted by molar-refractivity contribution is -0.137. The third-order valence-corrected chi connectivity index (χ3v) is 6.20. The van der Waals surface area contributed by atoms with Crippen LogP contribution in [0.25, 0.3) is 0 Å². The maximum atomic E-state index is 12.1. The maximum absolute atomic E-state index is 12.1. The molecule has 5 nitrogen and oxygen atoms in total. The molecule has 1 saturated heterocycles. The average molecular weight is 473 g/mol. The molecule has 35 heavy (non-hydrogen) atoms. The first-order valence-electron chi connectivity index (χ1n) is 12.1. The van der Waals surface area contributed by atoms with Crippen LogP contribution in [0.4, 0.5) is 0 Å². The number of hydrogen-bond donors (Lipinski definition) is 1. The zero-order chi connectivity index (χ0) is 24.5. The number of ether oxygens (including phenoxy) is 3. The van der Waals surface area contributed by atoms with Crippen LogP contribution in [0.2, 0.25) is 0 Å². The van der Waals surface area contributed by atoms with E-state index in [0.29, 0.717) is 19.4 Å². The lowest BCUT2D eigenvalue weighted by Gasteiger charge is -2.38. The lowest BCUT2D eigenvalue weighted by atomic mass is 9.80. The van der Waals surface area contributed by atoms with Gasteiger partial charge in [-0.15, -0.1) is 0 Å². The Balaban J connectivity index is 1.69. The van der Waals surface area contributed by atoms with Gasteiger partial charge in [0.05, 0.1) is 32.0 Å². The van der Waals surface area contributed by atoms with Gasteiger partial charge in [0.25, 0.3) is 0 Å². The number of carbonyl (C=O) groups is 1. The van der Waals surface area contributed by atoms with E-state index < -0.39 is 11.7 Å². The van der Waals surface area contributed by atoms with Crippen molar-refractivity contribution in [3.05, 3.63) is 119 Å². The Kier molecular flexibility index (Phi) is 8.48. The van der Waals surface area contributed by atoms with Crippen molar-refractivity contribution in [3.8, 4) is 0 Å². The minimum atomic E-state index is -0.857. The van der Waals surface area contributed by atoms with E-state index in [1.165, 1.54) is 6.08 Å². The number of rotatable bonds is 9. The molecule has 182 valence electrons. The van der Waals surface area contributed by atoms with Crippen molar-refractivity contribution in [2.24, 2.45) is 0 Å². The molecular formula is C30H32O5. The Bertz CT molecular complexity index is 999. The maximum Gasteiger partial charge on any atom is 0.330 e. The molecule has 1 fully saturated rings. The van der Waals surface area contributed by atoms with E-state index in [1.807, 2.05) is 54.6 Å². The van der Waals surface area contributed by atoms with Crippen molar-refractivity contribution in [3.63, 3.8) is 0 Å². The molecule has 0 aliphatic carbocycles. The summed E-state index contributed by atoms with van der Waals surface area (Å²) in [5, 5.41) is 9.82. The third kappa shape index (κ3) is 5.88. The molecule has 0 saturated carbocycles. The van der Waals surface area contributed by atoms with Crippen molar-refractivity contribution < 1.29 is 24.1 Å². The highest BCUT2D eigenvalue weighted by molar-refractivity contribution is 5.82. The number of hydrogen-bond acceptors (Lipinski definition) is 5. The smallest absolute Gasteiger partial charge is 0.330 e. The van der Waals surface area contributed by atoms with Gasteiger partial charge in [0.15, 0.2) is 0 Å². The topological polar surface area (TPSA) is 65.0 Å². The van der Waals surface area contributed by atoms with E-state index in [9.17, 15) is 9.90 Å². The van der Waals surface area contributed by atoms with Gasteiger partial charge in [-0.2, -0.15) is 0 Å². The summed E-state index contributed by atoms with van der Waals surface area (Å²) in [6.45, 7) is 2.25. The van der Waals surface area contributed by atoms with Crippen LogP contribution in [0.5, 0.6) is 0 Å². The van der Waals surface area contributed by atoms with E-state index in [-0.39, 0.29) is 25.3 Å². The molecule has 1 N–H and O–H groups in total. The van der Waals surface area contributed by atoms with Gasteiger partial charge in [-0.3, -0.25) is 0 Å². The highest BCUT2D eigenvalue weighted by Gasteiger charge is 2.39. The Hall–Kier alpha value is -3.25. The van der Waals surface area contributed by atoms with Crippen LogP contribution in [0.15, 0.2) is 103 Å². The molecule has 1 heterocycles. The molecule has 4 rings (SSSR count). The number of aliphatic hydroxyl groups is 1. The first-order valence-corrected chi connectivity index (χ1v) is 12.1. The van der Waals surface area contributed by atoms with Gasteiger partial charge in [-0.05, 0) is 36.5 Å². The van der Waals surface area contributed by atoms with Gasteiger partial charge in [-0.1, -0.05) is 96.6 Å². The summed E-state index contributed by atoms with van der Waals surface area (Å²) >= 11 is 0. The molecule has 1 aliphatic heterocycles. The molecule has 5 heteroatoms. The minimum absolute atomic E-state index is 0.127. The predicted molar refractivity (Wildman–Crippen MR) is 135 cm³/mol. The summed E-state index contributed by atoms with van der Waals surface area (Å²) in [6.07, 6.45) is 1.84. The van der Waals surface area contributed by atoms with E-state index in [0.717, 1.165) is 22.3 Å². The number of carbonyl (C=O) groups excluding carboxylic acids is 1. The van der Waals surface area contributed by atoms with Gasteiger partial charge >= 0.3 is 5.97 Å². The van der Waals surface area contributed by atoms with E-state index >= 15 is 0 Å². The summed E-state index contributed by atoms with van der Waals surface area (Å²) in [5.74, 6) is -0.368. The van der Waals surface area contributed by atoms with Crippen molar-refractivity contribution in [1.82, 2.24) is 0 Å². The molecule has 0 radical (unpaired) electrons. The molecule has 0 spiro atoms. The van der Waals surface area contributed by atoms with Crippen molar-refractivity contribution >= 4 is 5.97 Å². The van der Waals surface area contributed by atoms with E-state index in [1.54, 1.807) is 6.92 Å². The van der Waals surface area contributed by atoms with Gasteiger partial charge in [0.1, 0.15) is 5.60 Å². The fourth-order valence-electron chi connectivity index (χ4n) is 4.70. The van der Waals surface area contributed by atoms with Crippen LogP contribution < -0.4 is 0 Å². The second kappa shape index (κ2) is 11.9. The van der Waals surface area contributed by atoms with Crippen molar-refractivity contribution in [2.45, 2.75) is 37.6 Å². The van der Waals surface area contributed by atoms with Crippen LogP contribution in [0.1, 0.15) is 36.5 Å². The monoisotopic (exact) mass is 472 g/mol. The molecule has 1 aliphatic rings. The van der Waals surface area contributed by atoms with Gasteiger partial charge in [0, 0.05) is 6.08 Å². The predicted octanol–water partition coefficient (Wildman–Crippen LogP) is 5.02. The standard InChI is InChI=1S/C30H32O5/c1-2-33-29(32)20-23-18-27(21-31)35-28(19-23)22-34-30(24-12-6-3-7-13-24,25-14-8-4-9-15-25)26-16-10-5-11-17-26/h3-17,20,27-28,31H,2,18-19,21-22H2,1H3/b23-20+/t27-,28+/m1/s1. The Morgan fingerprint density at radius 3 is 1.83 bits per heavy atom. The largest absolute Gasteiger partial charge is 0.463 e. The minimum Gasteiger partial charge on any atom is -0.463 e. The molecule has 0 unspecified atom stereocenters. The highest BCUT2D eigenvalue weighted by atomic mass is 16.6. The van der Waals surface area contributed by atoms with Crippen molar-refractivity contribution in [2.75, 3.05) is 19.8 Å². The van der Waals surface area contributed by atoms with Crippen LogP contribution >= 0.6 is 0 Å². The summed E-state index contributed by atoms with van der Waals surface area (Å²) in [6, 6.07) is 30.5. The van der Waals surface area contributed by atoms with Crippen LogP contribution in [0.3, 0.4) is 0 Å². The van der Waals surface area contributed by atoms with E-state index in [4.69, 9.17) is 14.2 Å². The zero-order valence-electron chi connectivity index (χ0n) is 20.0. The fourth-order valence-corrected chi connectivity index (χ4v) is 4.70. The van der Waals surface area contributed by atoms with E-state index in [2.05, 4.69) is 36.4 Å². The van der Waals surface area contributed by atoms with Gasteiger partial charge < -0.3 is 19.3 Å². The molecule has 0 amide bonds. The Labute approximate surface area is 207 Å². The highest BCUT2D eigenvalue weighted by Crippen LogP contribution is 2.41. The molecule has 3 aromatic rings. The normalized spacial score (nSPS) is 19.4. The summed E-state index contributed by atoms with van der Waals surface area (Å²) in [4.78, 5) is 12.1. The average Bonchev–Trinajstić information content (AvgIpc) is 2.91.